The van der Waals surface area contributed by atoms with Crippen LogP contribution in [-0.4, -0.2) is 28.4 Å². The van der Waals surface area contributed by atoms with Crippen molar-refractivity contribution in [3.63, 3.8) is 0 Å². The largest absolute Gasteiger partial charge is 0.314 e. The number of carbonyl (C=O) groups excluding carboxylic acids is 1. The van der Waals surface area contributed by atoms with E-state index in [2.05, 4.69) is 26.7 Å². The number of benzene rings is 2. The number of halogens is 2. The second-order valence-corrected chi connectivity index (χ2v) is 12.7. The van der Waals surface area contributed by atoms with E-state index in [1.165, 1.54) is 5.56 Å². The molecular weight excluding hydrogens is 503 g/mol. The van der Waals surface area contributed by atoms with Gasteiger partial charge in [0, 0.05) is 27.7 Å². The lowest BCUT2D eigenvalue weighted by Crippen LogP contribution is -2.40. The van der Waals surface area contributed by atoms with Gasteiger partial charge in [-0.25, -0.2) is 13.3 Å². The van der Waals surface area contributed by atoms with E-state index < -0.39 is 16.7 Å². The Bertz CT molecular complexity index is 1030. The highest BCUT2D eigenvalue weighted by Gasteiger charge is 2.47. The SMILES string of the molecule is CC1(F)CCC2(CC1)CN(C=O)c1ccc(Br)cc12.Cc1cccc(S(=O)NC(C)(C)C)c1. The van der Waals surface area contributed by atoms with E-state index in [1.807, 2.05) is 64.1 Å². The zero-order valence-electron chi connectivity index (χ0n) is 20.1. The fourth-order valence-electron chi connectivity index (χ4n) is 4.52. The van der Waals surface area contributed by atoms with Crippen LogP contribution in [0.3, 0.4) is 0 Å². The maximum Gasteiger partial charge on any atom is 0.214 e. The molecule has 1 aliphatic heterocycles. The van der Waals surface area contributed by atoms with Crippen molar-refractivity contribution in [1.29, 1.82) is 0 Å². The van der Waals surface area contributed by atoms with Crippen LogP contribution in [-0.2, 0) is 21.2 Å². The van der Waals surface area contributed by atoms with Gasteiger partial charge in [-0.2, -0.15) is 0 Å². The Kier molecular flexibility index (Phi) is 7.86. The van der Waals surface area contributed by atoms with Gasteiger partial charge in [0.05, 0.1) is 4.90 Å². The molecule has 33 heavy (non-hydrogen) atoms. The summed E-state index contributed by atoms with van der Waals surface area (Å²) in [5, 5.41) is 0. The first-order valence-corrected chi connectivity index (χ1v) is 13.3. The minimum Gasteiger partial charge on any atom is -0.314 e. The lowest BCUT2D eigenvalue weighted by molar-refractivity contribution is -0.107. The maximum atomic E-state index is 14.0. The predicted octanol–water partition coefficient (Wildman–Crippen LogP) is 6.37. The van der Waals surface area contributed by atoms with Gasteiger partial charge in [0.15, 0.2) is 0 Å². The molecule has 1 N–H and O–H groups in total. The number of anilines is 1. The van der Waals surface area contributed by atoms with Crippen LogP contribution in [0.25, 0.3) is 0 Å². The molecule has 0 saturated heterocycles. The van der Waals surface area contributed by atoms with Crippen LogP contribution < -0.4 is 9.62 Å². The molecule has 2 aromatic carbocycles. The van der Waals surface area contributed by atoms with E-state index in [0.29, 0.717) is 19.4 Å². The summed E-state index contributed by atoms with van der Waals surface area (Å²) in [6.45, 7) is 10.4. The Hall–Kier alpha value is -1.57. The molecule has 2 aromatic rings. The first-order valence-electron chi connectivity index (χ1n) is 11.3. The van der Waals surface area contributed by atoms with Crippen LogP contribution in [0.4, 0.5) is 10.1 Å². The number of fused-ring (bicyclic) bond motifs is 2. The Morgan fingerprint density at radius 2 is 1.79 bits per heavy atom. The summed E-state index contributed by atoms with van der Waals surface area (Å²) in [5.74, 6) is 0. The first kappa shape index (κ1) is 26.0. The van der Waals surface area contributed by atoms with Crippen molar-refractivity contribution in [1.82, 2.24) is 4.72 Å². The molecule has 1 fully saturated rings. The van der Waals surface area contributed by atoms with Gasteiger partial charge < -0.3 is 4.90 Å². The number of nitrogens with zero attached hydrogens (tertiary/aromatic N) is 1. The average Bonchev–Trinajstić information content (AvgIpc) is 3.03. The van der Waals surface area contributed by atoms with E-state index in [0.717, 1.165) is 39.9 Å². The zero-order valence-corrected chi connectivity index (χ0v) is 22.5. The van der Waals surface area contributed by atoms with Gasteiger partial charge in [-0.1, -0.05) is 28.1 Å². The molecule has 1 aliphatic carbocycles. The molecule has 180 valence electrons. The molecule has 0 radical (unpaired) electrons. The molecule has 1 spiro atoms. The van der Waals surface area contributed by atoms with Crippen molar-refractivity contribution in [2.75, 3.05) is 11.4 Å². The molecule has 7 heteroatoms. The minimum absolute atomic E-state index is 0.0500. The van der Waals surface area contributed by atoms with Gasteiger partial charge in [-0.3, -0.25) is 4.79 Å². The number of rotatable bonds is 3. The van der Waals surface area contributed by atoms with Crippen molar-refractivity contribution in [3.8, 4) is 0 Å². The minimum atomic E-state index is -1.11. The summed E-state index contributed by atoms with van der Waals surface area (Å²) in [6.07, 6.45) is 3.67. The molecule has 1 atom stereocenters. The molecule has 0 aromatic heterocycles. The fraction of sp³-hybridized carbons (Fsp3) is 0.500. The zero-order chi connectivity index (χ0) is 24.4. The van der Waals surface area contributed by atoms with Crippen LogP contribution >= 0.6 is 15.9 Å². The van der Waals surface area contributed by atoms with Crippen molar-refractivity contribution in [3.05, 3.63) is 58.1 Å². The van der Waals surface area contributed by atoms with Gasteiger partial charge in [-0.15, -0.1) is 0 Å². The smallest absolute Gasteiger partial charge is 0.214 e. The van der Waals surface area contributed by atoms with Crippen molar-refractivity contribution in [2.24, 2.45) is 0 Å². The monoisotopic (exact) mass is 536 g/mol. The van der Waals surface area contributed by atoms with Crippen LogP contribution in [0.2, 0.25) is 0 Å². The van der Waals surface area contributed by atoms with Crippen LogP contribution in [0, 0.1) is 6.92 Å². The third-order valence-corrected chi connectivity index (χ3v) is 8.26. The lowest BCUT2D eigenvalue weighted by atomic mass is 9.67. The number of carbonyl (C=O) groups is 1. The van der Waals surface area contributed by atoms with E-state index in [-0.39, 0.29) is 11.0 Å². The van der Waals surface area contributed by atoms with E-state index in [1.54, 1.807) is 11.8 Å². The molecule has 1 saturated carbocycles. The Labute approximate surface area is 208 Å². The van der Waals surface area contributed by atoms with E-state index in [4.69, 9.17) is 0 Å². The highest BCUT2D eigenvalue weighted by atomic mass is 79.9. The van der Waals surface area contributed by atoms with Crippen molar-refractivity contribution in [2.45, 2.75) is 81.8 Å². The van der Waals surface area contributed by atoms with Crippen LogP contribution in [0.1, 0.15) is 64.5 Å². The van der Waals surface area contributed by atoms with Crippen LogP contribution in [0.5, 0.6) is 0 Å². The van der Waals surface area contributed by atoms with E-state index in [9.17, 15) is 13.4 Å². The summed E-state index contributed by atoms with van der Waals surface area (Å²) < 4.78 is 29.9. The van der Waals surface area contributed by atoms with Gasteiger partial charge in [-0.05, 0) is 102 Å². The Morgan fingerprint density at radius 3 is 2.36 bits per heavy atom. The average molecular weight is 538 g/mol. The quantitative estimate of drug-likeness (QED) is 0.463. The molecular formula is C26H34BrFN2O2S. The summed E-state index contributed by atoms with van der Waals surface area (Å²) in [6, 6.07) is 13.8. The third kappa shape index (κ3) is 6.52. The standard InChI is InChI=1S/C15H17BrFNO.C11H17NOS/c1-14(17)4-6-15(7-5-14)9-18(10-19)13-3-2-11(16)8-12(13)15;1-9-6-5-7-10(8-9)14(13)12-11(2,3)4/h2-3,8,10H,4-7,9H2,1H3;5-8,12H,1-4H3. The molecule has 4 rings (SSSR count). The summed E-state index contributed by atoms with van der Waals surface area (Å²) in [5.41, 5.74) is 2.09. The number of alkyl halides is 1. The van der Waals surface area contributed by atoms with Crippen LogP contribution in [0.15, 0.2) is 51.8 Å². The maximum absolute atomic E-state index is 14.0. The molecule has 2 aliphatic rings. The second-order valence-electron chi connectivity index (χ2n) is 10.5. The second kappa shape index (κ2) is 9.96. The van der Waals surface area contributed by atoms with Gasteiger partial charge in [0.25, 0.3) is 0 Å². The molecule has 0 bridgehead atoms. The lowest BCUT2D eigenvalue weighted by Gasteiger charge is -2.39. The first-order chi connectivity index (χ1) is 15.3. The van der Waals surface area contributed by atoms with Crippen molar-refractivity contribution >= 4 is 39.0 Å². The number of aryl methyl sites for hydroxylation is 1. The summed E-state index contributed by atoms with van der Waals surface area (Å²) >= 11 is 3.50. The summed E-state index contributed by atoms with van der Waals surface area (Å²) in [7, 11) is -1.11. The predicted molar refractivity (Wildman–Crippen MR) is 138 cm³/mol. The molecule has 1 unspecified atom stereocenters. The van der Waals surface area contributed by atoms with Gasteiger partial charge in [0.1, 0.15) is 16.7 Å². The fourth-order valence-corrected chi connectivity index (χ4v) is 6.05. The Balaban J connectivity index is 0.000000196. The van der Waals surface area contributed by atoms with Gasteiger partial charge in [0.2, 0.25) is 6.41 Å². The highest BCUT2D eigenvalue weighted by molar-refractivity contribution is 9.10. The normalized spacial score (nSPS) is 25.2. The third-order valence-electron chi connectivity index (χ3n) is 6.29. The highest BCUT2D eigenvalue weighted by Crippen LogP contribution is 2.51. The number of hydrogen-bond donors (Lipinski definition) is 1. The number of nitrogens with one attached hydrogen (secondary N) is 1. The summed E-state index contributed by atoms with van der Waals surface area (Å²) in [4.78, 5) is 13.8. The van der Waals surface area contributed by atoms with Gasteiger partial charge >= 0.3 is 0 Å². The number of amides is 1. The number of hydrogen-bond acceptors (Lipinski definition) is 2. The van der Waals surface area contributed by atoms with Crippen molar-refractivity contribution < 1.29 is 13.4 Å². The molecule has 1 heterocycles. The van der Waals surface area contributed by atoms with E-state index >= 15 is 0 Å². The Morgan fingerprint density at radius 1 is 1.12 bits per heavy atom. The topological polar surface area (TPSA) is 49.4 Å². The molecule has 1 amide bonds. The molecule has 4 nitrogen and oxygen atoms in total.